The molecule has 0 aliphatic heterocycles. The lowest BCUT2D eigenvalue weighted by molar-refractivity contribution is 0.171. The van der Waals surface area contributed by atoms with Gasteiger partial charge >= 0.3 is 0 Å². The first-order chi connectivity index (χ1) is 8.79. The average molecular weight is 245 g/mol. The zero-order valence-corrected chi connectivity index (χ0v) is 10.8. The Morgan fingerprint density at radius 2 is 2.06 bits per heavy atom. The average Bonchev–Trinajstić information content (AvgIpc) is 2.87. The summed E-state index contributed by atoms with van der Waals surface area (Å²) in [6, 6.07) is 12.5. The van der Waals surface area contributed by atoms with Crippen LogP contribution in [-0.4, -0.2) is 29.5 Å². The number of benzene rings is 1. The standard InChI is InChI=1S/C14H19N3O/c1-12(11-18-2)15-10-13-8-9-17(16-13)14-6-4-3-5-7-14/h3-9,12,15H,10-11H2,1-2H3. The summed E-state index contributed by atoms with van der Waals surface area (Å²) in [7, 11) is 1.71. The van der Waals surface area contributed by atoms with E-state index in [-0.39, 0.29) is 0 Å². The largest absolute Gasteiger partial charge is 0.383 e. The molecular weight excluding hydrogens is 226 g/mol. The van der Waals surface area contributed by atoms with Gasteiger partial charge in [-0.3, -0.25) is 0 Å². The highest BCUT2D eigenvalue weighted by atomic mass is 16.5. The predicted octanol–water partition coefficient (Wildman–Crippen LogP) is 2.00. The molecule has 0 bridgehead atoms. The van der Waals surface area contributed by atoms with Crippen LogP contribution in [0, 0.1) is 0 Å². The summed E-state index contributed by atoms with van der Waals surface area (Å²) in [5.74, 6) is 0. The van der Waals surface area contributed by atoms with Gasteiger partial charge in [0.1, 0.15) is 0 Å². The molecule has 1 heterocycles. The van der Waals surface area contributed by atoms with Crippen LogP contribution in [0.3, 0.4) is 0 Å². The van der Waals surface area contributed by atoms with Crippen LogP contribution in [0.4, 0.5) is 0 Å². The Hall–Kier alpha value is -1.65. The molecule has 1 atom stereocenters. The Morgan fingerprint density at radius 3 is 2.78 bits per heavy atom. The number of rotatable bonds is 6. The number of ether oxygens (including phenoxy) is 1. The highest BCUT2D eigenvalue weighted by Gasteiger charge is 2.03. The Bertz CT molecular complexity index is 467. The second kappa shape index (κ2) is 6.33. The van der Waals surface area contributed by atoms with Crippen molar-refractivity contribution in [1.29, 1.82) is 0 Å². The molecule has 0 saturated carbocycles. The molecule has 1 aromatic heterocycles. The molecule has 0 fully saturated rings. The molecule has 4 heteroatoms. The van der Waals surface area contributed by atoms with Crippen molar-refractivity contribution in [2.75, 3.05) is 13.7 Å². The van der Waals surface area contributed by atoms with E-state index in [1.165, 1.54) is 0 Å². The van der Waals surface area contributed by atoms with Gasteiger partial charge in [-0.2, -0.15) is 5.10 Å². The summed E-state index contributed by atoms with van der Waals surface area (Å²) in [6.07, 6.45) is 1.98. The first-order valence-corrected chi connectivity index (χ1v) is 6.12. The van der Waals surface area contributed by atoms with E-state index in [9.17, 15) is 0 Å². The summed E-state index contributed by atoms with van der Waals surface area (Å²) < 4.78 is 6.97. The maximum atomic E-state index is 5.08. The van der Waals surface area contributed by atoms with Gasteiger partial charge < -0.3 is 10.1 Å². The zero-order chi connectivity index (χ0) is 12.8. The summed E-state index contributed by atoms with van der Waals surface area (Å²) in [6.45, 7) is 3.56. The van der Waals surface area contributed by atoms with Crippen LogP contribution in [0.25, 0.3) is 5.69 Å². The van der Waals surface area contributed by atoms with E-state index in [1.54, 1.807) is 7.11 Å². The van der Waals surface area contributed by atoms with Crippen molar-refractivity contribution in [3.8, 4) is 5.69 Å². The van der Waals surface area contributed by atoms with Crippen LogP contribution >= 0.6 is 0 Å². The Kier molecular flexibility index (Phi) is 4.50. The van der Waals surface area contributed by atoms with Gasteiger partial charge in [-0.25, -0.2) is 4.68 Å². The Balaban J connectivity index is 1.95. The lowest BCUT2D eigenvalue weighted by Gasteiger charge is -2.10. The molecule has 2 rings (SSSR count). The number of aromatic nitrogens is 2. The molecule has 96 valence electrons. The maximum Gasteiger partial charge on any atom is 0.0766 e. The quantitative estimate of drug-likeness (QED) is 0.846. The van der Waals surface area contributed by atoms with Gasteiger partial charge in [0.2, 0.25) is 0 Å². The molecule has 18 heavy (non-hydrogen) atoms. The molecule has 0 radical (unpaired) electrons. The number of nitrogens with zero attached hydrogens (tertiary/aromatic N) is 2. The van der Waals surface area contributed by atoms with Crippen LogP contribution in [0.15, 0.2) is 42.6 Å². The van der Waals surface area contributed by atoms with Crippen LogP contribution < -0.4 is 5.32 Å². The molecule has 0 spiro atoms. The van der Waals surface area contributed by atoms with Crippen molar-refractivity contribution in [3.63, 3.8) is 0 Å². The second-order valence-corrected chi connectivity index (χ2v) is 4.32. The fraction of sp³-hybridized carbons (Fsp3) is 0.357. The monoisotopic (exact) mass is 245 g/mol. The normalized spacial score (nSPS) is 12.6. The van der Waals surface area contributed by atoms with E-state index in [1.807, 2.05) is 47.3 Å². The van der Waals surface area contributed by atoms with Crippen LogP contribution in [0.5, 0.6) is 0 Å². The zero-order valence-electron chi connectivity index (χ0n) is 10.8. The molecule has 0 saturated heterocycles. The van der Waals surface area contributed by atoms with Gasteiger partial charge in [0, 0.05) is 25.9 Å². The van der Waals surface area contributed by atoms with Crippen molar-refractivity contribution in [2.45, 2.75) is 19.5 Å². The Labute approximate surface area is 108 Å². The Morgan fingerprint density at radius 1 is 1.28 bits per heavy atom. The maximum absolute atomic E-state index is 5.08. The van der Waals surface area contributed by atoms with E-state index in [4.69, 9.17) is 4.74 Å². The molecule has 4 nitrogen and oxygen atoms in total. The summed E-state index contributed by atoms with van der Waals surface area (Å²) in [5, 5.41) is 7.89. The molecule has 2 aromatic rings. The molecule has 1 aromatic carbocycles. The van der Waals surface area contributed by atoms with Crippen molar-refractivity contribution in [3.05, 3.63) is 48.3 Å². The third kappa shape index (κ3) is 3.42. The van der Waals surface area contributed by atoms with Crippen molar-refractivity contribution < 1.29 is 4.74 Å². The van der Waals surface area contributed by atoms with Crippen molar-refractivity contribution in [1.82, 2.24) is 15.1 Å². The molecule has 0 aliphatic rings. The van der Waals surface area contributed by atoms with E-state index >= 15 is 0 Å². The highest BCUT2D eigenvalue weighted by Crippen LogP contribution is 2.06. The predicted molar refractivity (Wildman–Crippen MR) is 71.7 cm³/mol. The number of nitrogens with one attached hydrogen (secondary N) is 1. The molecule has 0 amide bonds. The van der Waals surface area contributed by atoms with Gasteiger partial charge in [0.15, 0.2) is 0 Å². The lowest BCUT2D eigenvalue weighted by atomic mass is 10.3. The van der Waals surface area contributed by atoms with E-state index < -0.39 is 0 Å². The lowest BCUT2D eigenvalue weighted by Crippen LogP contribution is -2.29. The minimum absolute atomic E-state index is 0.330. The van der Waals surface area contributed by atoms with Gasteiger partial charge in [-0.05, 0) is 25.1 Å². The molecule has 1 N–H and O–H groups in total. The smallest absolute Gasteiger partial charge is 0.0766 e. The first kappa shape index (κ1) is 12.8. The van der Waals surface area contributed by atoms with Gasteiger partial charge in [-0.15, -0.1) is 0 Å². The summed E-state index contributed by atoms with van der Waals surface area (Å²) in [4.78, 5) is 0. The topological polar surface area (TPSA) is 39.1 Å². The van der Waals surface area contributed by atoms with Gasteiger partial charge in [0.05, 0.1) is 18.0 Å². The minimum Gasteiger partial charge on any atom is -0.383 e. The van der Waals surface area contributed by atoms with Crippen LogP contribution in [-0.2, 0) is 11.3 Å². The number of methoxy groups -OCH3 is 1. The third-order valence-corrected chi connectivity index (χ3v) is 2.71. The number of hydrogen-bond donors (Lipinski definition) is 1. The van der Waals surface area contributed by atoms with E-state index in [0.717, 1.165) is 17.9 Å². The van der Waals surface area contributed by atoms with Crippen molar-refractivity contribution >= 4 is 0 Å². The highest BCUT2D eigenvalue weighted by molar-refractivity contribution is 5.30. The van der Waals surface area contributed by atoms with Crippen LogP contribution in [0.1, 0.15) is 12.6 Å². The first-order valence-electron chi connectivity index (χ1n) is 6.12. The van der Waals surface area contributed by atoms with Gasteiger partial charge in [0.25, 0.3) is 0 Å². The SMILES string of the molecule is COCC(C)NCc1ccn(-c2ccccc2)n1. The minimum atomic E-state index is 0.330. The van der Waals surface area contributed by atoms with Gasteiger partial charge in [-0.1, -0.05) is 18.2 Å². The van der Waals surface area contributed by atoms with E-state index in [2.05, 4.69) is 17.3 Å². The summed E-state index contributed by atoms with van der Waals surface area (Å²) >= 11 is 0. The molecular formula is C14H19N3O. The number of hydrogen-bond acceptors (Lipinski definition) is 3. The van der Waals surface area contributed by atoms with E-state index in [0.29, 0.717) is 12.6 Å². The molecule has 0 aliphatic carbocycles. The van der Waals surface area contributed by atoms with Crippen LogP contribution in [0.2, 0.25) is 0 Å². The van der Waals surface area contributed by atoms with Crippen molar-refractivity contribution in [2.24, 2.45) is 0 Å². The second-order valence-electron chi connectivity index (χ2n) is 4.32. The third-order valence-electron chi connectivity index (χ3n) is 2.71. The summed E-state index contributed by atoms with van der Waals surface area (Å²) in [5.41, 5.74) is 2.11. The fourth-order valence-electron chi connectivity index (χ4n) is 1.77. The fourth-order valence-corrected chi connectivity index (χ4v) is 1.77. The number of para-hydroxylation sites is 1. The molecule has 1 unspecified atom stereocenters.